The smallest absolute Gasteiger partial charge is 0.137 e. The van der Waals surface area contributed by atoms with Crippen molar-refractivity contribution in [3.8, 4) is 0 Å². The second kappa shape index (κ2) is 7.33. The van der Waals surface area contributed by atoms with Crippen LogP contribution in [0.25, 0.3) is 22.9 Å². The molecule has 2 aromatic heterocycles. The van der Waals surface area contributed by atoms with Crippen LogP contribution in [-0.2, 0) is 0 Å². The Morgan fingerprint density at radius 2 is 1.68 bits per heavy atom. The van der Waals surface area contributed by atoms with Gasteiger partial charge in [-0.2, -0.15) is 0 Å². The third-order valence-corrected chi connectivity index (χ3v) is 5.13. The molecule has 1 fully saturated rings. The van der Waals surface area contributed by atoms with Gasteiger partial charge in [0.1, 0.15) is 5.82 Å². The Labute approximate surface area is 156 Å². The maximum atomic E-state index is 4.95. The summed E-state index contributed by atoms with van der Waals surface area (Å²) in [5.41, 5.74) is 2.10. The number of fused-ring (bicyclic) bond motifs is 1. The van der Waals surface area contributed by atoms with Gasteiger partial charge in [0.15, 0.2) is 0 Å². The number of anilines is 1. The fourth-order valence-electron chi connectivity index (χ4n) is 3.08. The van der Waals surface area contributed by atoms with E-state index in [9.17, 15) is 0 Å². The second-order valence-corrected chi connectivity index (χ2v) is 7.11. The van der Waals surface area contributed by atoms with Crippen LogP contribution >= 0.6 is 16.1 Å². The molecule has 0 atom stereocenters. The minimum Gasteiger partial charge on any atom is -0.353 e. The molecule has 0 amide bonds. The van der Waals surface area contributed by atoms with Crippen molar-refractivity contribution < 1.29 is 0 Å². The van der Waals surface area contributed by atoms with Gasteiger partial charge in [0.05, 0.1) is 5.69 Å². The molecule has 3 heterocycles. The molecule has 25 heavy (non-hydrogen) atoms. The Kier molecular flexibility index (Phi) is 4.76. The van der Waals surface area contributed by atoms with E-state index < -0.39 is 0 Å². The van der Waals surface area contributed by atoms with Crippen LogP contribution in [0.3, 0.4) is 0 Å². The Balaban J connectivity index is 1.72. The van der Waals surface area contributed by atoms with Crippen molar-refractivity contribution in [1.29, 1.82) is 0 Å². The zero-order chi connectivity index (χ0) is 17.1. The zero-order valence-corrected chi connectivity index (χ0v) is 15.4. The average Bonchev–Trinajstić information content (AvgIpc) is 2.67. The van der Waals surface area contributed by atoms with Crippen molar-refractivity contribution in [3.63, 3.8) is 0 Å². The van der Waals surface area contributed by atoms with E-state index in [1.165, 1.54) is 10.8 Å². The maximum absolute atomic E-state index is 4.95. The molecule has 1 aliphatic rings. The van der Waals surface area contributed by atoms with Crippen LogP contribution in [0.1, 0.15) is 11.3 Å². The molecule has 0 aliphatic carbocycles. The largest absolute Gasteiger partial charge is 0.353 e. The second-order valence-electron chi connectivity index (χ2n) is 6.10. The van der Waals surface area contributed by atoms with Crippen LogP contribution in [0.15, 0.2) is 54.9 Å². The van der Waals surface area contributed by atoms with E-state index in [1.54, 1.807) is 12.4 Å². The molecule has 0 unspecified atom stereocenters. The number of nitrogens with zero attached hydrogens (tertiary/aromatic N) is 4. The third kappa shape index (κ3) is 3.72. The Hall–Kier alpha value is -2.24. The van der Waals surface area contributed by atoms with E-state index in [1.807, 2.05) is 12.1 Å². The minimum atomic E-state index is 0.972. The van der Waals surface area contributed by atoms with Crippen molar-refractivity contribution in [1.82, 2.24) is 13.9 Å². The van der Waals surface area contributed by atoms with Gasteiger partial charge in [-0.25, -0.2) is 8.91 Å². The molecule has 4 nitrogen and oxygen atoms in total. The first-order chi connectivity index (χ1) is 12.3. The number of aromatic nitrogens is 2. The molecule has 3 aromatic rings. The molecule has 126 valence electrons. The molecule has 0 bridgehead atoms. The Morgan fingerprint density at radius 1 is 0.920 bits per heavy atom. The molecule has 1 aliphatic heterocycles. The third-order valence-electron chi connectivity index (χ3n) is 4.42. The van der Waals surface area contributed by atoms with Crippen molar-refractivity contribution in [3.05, 3.63) is 66.1 Å². The SMILES string of the molecule is BrN1CCN(c2nc(/C=C/c3ccncc3)cc3ccccc23)CC1. The van der Waals surface area contributed by atoms with Gasteiger partial charge >= 0.3 is 0 Å². The van der Waals surface area contributed by atoms with E-state index in [-0.39, 0.29) is 0 Å². The van der Waals surface area contributed by atoms with Gasteiger partial charge in [-0.1, -0.05) is 30.3 Å². The van der Waals surface area contributed by atoms with Crippen LogP contribution in [0.5, 0.6) is 0 Å². The van der Waals surface area contributed by atoms with Crippen LogP contribution < -0.4 is 4.90 Å². The van der Waals surface area contributed by atoms with Gasteiger partial charge in [-0.15, -0.1) is 0 Å². The van der Waals surface area contributed by atoms with Crippen molar-refractivity contribution in [2.24, 2.45) is 0 Å². The van der Waals surface area contributed by atoms with Gasteiger partial charge < -0.3 is 4.90 Å². The minimum absolute atomic E-state index is 0.972. The summed E-state index contributed by atoms with van der Waals surface area (Å²) in [4.78, 5) is 11.4. The number of benzene rings is 1. The summed E-state index contributed by atoms with van der Waals surface area (Å²) in [5.74, 6) is 1.08. The summed E-state index contributed by atoms with van der Waals surface area (Å²) >= 11 is 3.57. The highest BCUT2D eigenvalue weighted by atomic mass is 79.9. The highest BCUT2D eigenvalue weighted by Crippen LogP contribution is 2.27. The molecule has 4 rings (SSSR count). The number of piperazine rings is 1. The summed E-state index contributed by atoms with van der Waals surface area (Å²) < 4.78 is 2.18. The van der Waals surface area contributed by atoms with E-state index in [0.717, 1.165) is 43.3 Å². The summed E-state index contributed by atoms with van der Waals surface area (Å²) in [6.07, 6.45) is 7.77. The summed E-state index contributed by atoms with van der Waals surface area (Å²) in [6.45, 7) is 3.93. The van der Waals surface area contributed by atoms with Gasteiger partial charge in [-0.3, -0.25) is 4.98 Å². The first kappa shape index (κ1) is 16.2. The molecule has 0 radical (unpaired) electrons. The molecule has 0 saturated carbocycles. The molecule has 0 N–H and O–H groups in total. The Bertz CT molecular complexity index is 887. The molecule has 5 heteroatoms. The average molecular weight is 395 g/mol. The van der Waals surface area contributed by atoms with Crippen LogP contribution in [0.4, 0.5) is 5.82 Å². The van der Waals surface area contributed by atoms with Crippen LogP contribution in [0, 0.1) is 0 Å². The van der Waals surface area contributed by atoms with E-state index >= 15 is 0 Å². The monoisotopic (exact) mass is 394 g/mol. The van der Waals surface area contributed by atoms with Crippen molar-refractivity contribution >= 4 is 44.9 Å². The van der Waals surface area contributed by atoms with Gasteiger partial charge in [0.25, 0.3) is 0 Å². The van der Waals surface area contributed by atoms with Gasteiger partial charge in [0.2, 0.25) is 0 Å². The lowest BCUT2D eigenvalue weighted by atomic mass is 10.1. The quantitative estimate of drug-likeness (QED) is 0.622. The molecule has 1 saturated heterocycles. The number of hydrogen-bond acceptors (Lipinski definition) is 4. The van der Waals surface area contributed by atoms with Crippen LogP contribution in [-0.4, -0.2) is 40.1 Å². The molecule has 1 aromatic carbocycles. The number of hydrogen-bond donors (Lipinski definition) is 0. The molecule has 0 spiro atoms. The number of halogens is 1. The van der Waals surface area contributed by atoms with Crippen LogP contribution in [0.2, 0.25) is 0 Å². The fraction of sp³-hybridized carbons (Fsp3) is 0.200. The van der Waals surface area contributed by atoms with E-state index in [0.29, 0.717) is 0 Å². The highest BCUT2D eigenvalue weighted by Gasteiger charge is 2.18. The fourth-order valence-corrected chi connectivity index (χ4v) is 3.39. The topological polar surface area (TPSA) is 32.3 Å². The lowest BCUT2D eigenvalue weighted by Gasteiger charge is -2.32. The van der Waals surface area contributed by atoms with E-state index in [4.69, 9.17) is 4.98 Å². The van der Waals surface area contributed by atoms with Crippen molar-refractivity contribution in [2.45, 2.75) is 0 Å². The predicted molar refractivity (Wildman–Crippen MR) is 108 cm³/mol. The molecular formula is C20H19BrN4. The maximum Gasteiger partial charge on any atom is 0.137 e. The first-order valence-corrected chi connectivity index (χ1v) is 9.14. The number of pyridine rings is 2. The zero-order valence-electron chi connectivity index (χ0n) is 13.8. The van der Waals surface area contributed by atoms with Gasteiger partial charge in [0, 0.05) is 60.1 Å². The summed E-state index contributed by atoms with van der Waals surface area (Å²) in [7, 11) is 0. The lowest BCUT2D eigenvalue weighted by Crippen LogP contribution is -2.42. The van der Waals surface area contributed by atoms with Crippen molar-refractivity contribution in [2.75, 3.05) is 31.1 Å². The standard InChI is InChI=1S/C20H19BrN4/c21-25-13-11-24(12-14-25)20-19-4-2-1-3-17(19)15-18(23-20)6-5-16-7-9-22-10-8-16/h1-10,15H,11-14H2/b6-5+. The first-order valence-electron chi connectivity index (χ1n) is 8.43. The Morgan fingerprint density at radius 3 is 2.48 bits per heavy atom. The summed E-state index contributed by atoms with van der Waals surface area (Å²) in [6, 6.07) is 14.6. The van der Waals surface area contributed by atoms with Gasteiger partial charge in [-0.05, 0) is 35.2 Å². The molecular weight excluding hydrogens is 376 g/mol. The predicted octanol–water partition coefficient (Wildman–Crippen LogP) is 4.23. The normalized spacial score (nSPS) is 16.0. The number of rotatable bonds is 3. The lowest BCUT2D eigenvalue weighted by molar-refractivity contribution is 0.442. The van der Waals surface area contributed by atoms with E-state index in [2.05, 4.69) is 72.4 Å². The highest BCUT2D eigenvalue weighted by molar-refractivity contribution is 9.07. The summed E-state index contributed by atoms with van der Waals surface area (Å²) in [5, 5.41) is 2.44.